The minimum absolute atomic E-state index is 0.699. The molecule has 2 nitrogen and oxygen atoms in total. The Labute approximate surface area is 91.2 Å². The van der Waals surface area contributed by atoms with Crippen molar-refractivity contribution in [1.29, 1.82) is 0 Å². The predicted molar refractivity (Wildman–Crippen MR) is 58.7 cm³/mol. The van der Waals surface area contributed by atoms with Gasteiger partial charge in [-0.15, -0.1) is 11.8 Å². The van der Waals surface area contributed by atoms with Crippen molar-refractivity contribution in [2.24, 2.45) is 0 Å². The fraction of sp³-hybridized carbons (Fsp3) is 0.100. The monoisotopic (exact) mass is 225 g/mol. The van der Waals surface area contributed by atoms with Gasteiger partial charge in [-0.2, -0.15) is 0 Å². The fourth-order valence-electron chi connectivity index (χ4n) is 1.13. The molecule has 2 aromatic rings. The number of hydrogen-bond donors (Lipinski definition) is 0. The summed E-state index contributed by atoms with van der Waals surface area (Å²) >= 11 is 7.42. The second-order valence-corrected chi connectivity index (χ2v) is 4.01. The first-order chi connectivity index (χ1) is 6.79. The van der Waals surface area contributed by atoms with E-state index in [9.17, 15) is 0 Å². The molecular formula is C10H8ClNOS. The first kappa shape index (κ1) is 9.62. The van der Waals surface area contributed by atoms with E-state index in [0.717, 1.165) is 16.3 Å². The molecule has 0 aliphatic carbocycles. The highest BCUT2D eigenvalue weighted by atomic mass is 35.5. The second-order valence-electron chi connectivity index (χ2n) is 2.74. The lowest BCUT2D eigenvalue weighted by atomic mass is 10.2. The summed E-state index contributed by atoms with van der Waals surface area (Å²) in [5.41, 5.74) is 0.949. The molecule has 0 spiro atoms. The Morgan fingerprint density at radius 2 is 2.21 bits per heavy atom. The summed E-state index contributed by atoms with van der Waals surface area (Å²) in [5, 5.41) is 5.46. The highest BCUT2D eigenvalue weighted by Crippen LogP contribution is 2.25. The quantitative estimate of drug-likeness (QED) is 0.729. The Balaban J connectivity index is 2.39. The summed E-state index contributed by atoms with van der Waals surface area (Å²) in [6.45, 7) is 0. The highest BCUT2D eigenvalue weighted by molar-refractivity contribution is 7.98. The summed E-state index contributed by atoms with van der Waals surface area (Å²) in [5.74, 6) is 0.747. The van der Waals surface area contributed by atoms with E-state index in [-0.39, 0.29) is 0 Å². The number of rotatable bonds is 2. The van der Waals surface area contributed by atoms with E-state index < -0.39 is 0 Å². The van der Waals surface area contributed by atoms with Gasteiger partial charge in [-0.1, -0.05) is 28.9 Å². The maximum atomic E-state index is 5.87. The van der Waals surface area contributed by atoms with Crippen molar-refractivity contribution in [1.82, 2.24) is 5.16 Å². The topological polar surface area (TPSA) is 26.0 Å². The first-order valence-corrected chi connectivity index (χ1v) is 5.66. The average molecular weight is 226 g/mol. The molecule has 0 aliphatic heterocycles. The molecule has 0 aliphatic rings. The largest absolute Gasteiger partial charge is 0.355 e. The molecule has 0 radical (unpaired) electrons. The number of thioether (sulfide) groups is 1. The normalized spacial score (nSPS) is 10.4. The minimum atomic E-state index is 0.699. The summed E-state index contributed by atoms with van der Waals surface area (Å²) in [4.78, 5) is 0. The molecule has 0 atom stereocenters. The third-order valence-corrected chi connectivity index (χ3v) is 2.65. The third kappa shape index (κ3) is 1.94. The van der Waals surface area contributed by atoms with Crippen LogP contribution in [0.5, 0.6) is 0 Å². The Morgan fingerprint density at radius 3 is 2.86 bits per heavy atom. The van der Waals surface area contributed by atoms with Crippen LogP contribution in [0.15, 0.2) is 39.9 Å². The van der Waals surface area contributed by atoms with Crippen LogP contribution in [0.4, 0.5) is 0 Å². The van der Waals surface area contributed by atoms with Crippen LogP contribution in [0.1, 0.15) is 0 Å². The van der Waals surface area contributed by atoms with E-state index >= 15 is 0 Å². The fourth-order valence-corrected chi connectivity index (χ4v) is 1.66. The van der Waals surface area contributed by atoms with E-state index in [2.05, 4.69) is 5.16 Å². The molecule has 1 aromatic carbocycles. The smallest absolute Gasteiger partial charge is 0.168 e. The summed E-state index contributed by atoms with van der Waals surface area (Å²) in [7, 11) is 0. The van der Waals surface area contributed by atoms with Gasteiger partial charge in [0.2, 0.25) is 0 Å². The Bertz CT molecular complexity index is 441. The van der Waals surface area contributed by atoms with Crippen molar-refractivity contribution >= 4 is 23.4 Å². The third-order valence-electron chi connectivity index (χ3n) is 1.81. The molecule has 0 fully saturated rings. The molecular weight excluding hydrogens is 218 g/mol. The van der Waals surface area contributed by atoms with Crippen LogP contribution < -0.4 is 0 Å². The van der Waals surface area contributed by atoms with Crippen LogP contribution in [0, 0.1) is 0 Å². The molecule has 72 valence electrons. The lowest BCUT2D eigenvalue weighted by Gasteiger charge is -1.94. The first-order valence-electron chi connectivity index (χ1n) is 4.06. The van der Waals surface area contributed by atoms with Gasteiger partial charge in [0.25, 0.3) is 0 Å². The van der Waals surface area contributed by atoms with Crippen LogP contribution in [0.2, 0.25) is 5.02 Å². The maximum Gasteiger partial charge on any atom is 0.168 e. The number of nitrogens with zero attached hydrogens (tertiary/aromatic N) is 1. The molecule has 1 heterocycles. The highest BCUT2D eigenvalue weighted by Gasteiger charge is 2.05. The second kappa shape index (κ2) is 4.07. The molecule has 0 N–H and O–H groups in total. The molecule has 0 bridgehead atoms. The van der Waals surface area contributed by atoms with Gasteiger partial charge in [0.1, 0.15) is 5.03 Å². The van der Waals surface area contributed by atoms with Gasteiger partial charge < -0.3 is 4.52 Å². The molecule has 4 heteroatoms. The minimum Gasteiger partial charge on any atom is -0.355 e. The number of halogens is 1. The van der Waals surface area contributed by atoms with E-state index in [1.807, 2.05) is 36.6 Å². The van der Waals surface area contributed by atoms with Crippen molar-refractivity contribution in [2.45, 2.75) is 5.03 Å². The van der Waals surface area contributed by atoms with Crippen LogP contribution in [-0.2, 0) is 0 Å². The average Bonchev–Trinajstić information content (AvgIpc) is 2.66. The van der Waals surface area contributed by atoms with Gasteiger partial charge >= 0.3 is 0 Å². The predicted octanol–water partition coefficient (Wildman–Crippen LogP) is 3.72. The van der Waals surface area contributed by atoms with E-state index in [4.69, 9.17) is 16.1 Å². The Hall–Kier alpha value is -0.930. The van der Waals surface area contributed by atoms with Gasteiger partial charge in [0.15, 0.2) is 5.76 Å². The van der Waals surface area contributed by atoms with Crippen LogP contribution in [0.3, 0.4) is 0 Å². The maximum absolute atomic E-state index is 5.87. The van der Waals surface area contributed by atoms with Crippen molar-refractivity contribution in [3.05, 3.63) is 35.4 Å². The molecule has 0 amide bonds. The van der Waals surface area contributed by atoms with Crippen molar-refractivity contribution < 1.29 is 4.52 Å². The van der Waals surface area contributed by atoms with Gasteiger partial charge in [0.05, 0.1) is 0 Å². The van der Waals surface area contributed by atoms with Gasteiger partial charge in [-0.05, 0) is 18.4 Å². The SMILES string of the molecule is CSc1cc(-c2cccc(Cl)c2)on1. The zero-order valence-corrected chi connectivity index (χ0v) is 9.10. The number of benzene rings is 1. The molecule has 1 aromatic heterocycles. The number of aromatic nitrogens is 1. The van der Waals surface area contributed by atoms with Crippen LogP contribution >= 0.6 is 23.4 Å². The summed E-state index contributed by atoms with van der Waals surface area (Å²) in [6.07, 6.45) is 1.96. The zero-order valence-electron chi connectivity index (χ0n) is 7.53. The summed E-state index contributed by atoms with van der Waals surface area (Å²) in [6, 6.07) is 9.41. The molecule has 0 saturated carbocycles. The number of hydrogen-bond acceptors (Lipinski definition) is 3. The lowest BCUT2D eigenvalue weighted by molar-refractivity contribution is 0.415. The van der Waals surface area contributed by atoms with Crippen molar-refractivity contribution in [2.75, 3.05) is 6.26 Å². The molecule has 2 rings (SSSR count). The molecule has 0 unspecified atom stereocenters. The van der Waals surface area contributed by atoms with Crippen molar-refractivity contribution in [3.63, 3.8) is 0 Å². The zero-order chi connectivity index (χ0) is 9.97. The standard InChI is InChI=1S/C10H8ClNOS/c1-14-10-6-9(13-12-10)7-3-2-4-8(11)5-7/h2-6H,1H3. The van der Waals surface area contributed by atoms with Gasteiger partial charge in [0, 0.05) is 16.7 Å². The van der Waals surface area contributed by atoms with Crippen molar-refractivity contribution in [3.8, 4) is 11.3 Å². The summed E-state index contributed by atoms with van der Waals surface area (Å²) < 4.78 is 5.17. The molecule has 14 heavy (non-hydrogen) atoms. The van der Waals surface area contributed by atoms with E-state index in [0.29, 0.717) is 5.02 Å². The Kier molecular flexibility index (Phi) is 2.79. The van der Waals surface area contributed by atoms with E-state index in [1.54, 1.807) is 11.8 Å². The van der Waals surface area contributed by atoms with Gasteiger partial charge in [-0.25, -0.2) is 0 Å². The van der Waals surface area contributed by atoms with Crippen LogP contribution in [0.25, 0.3) is 11.3 Å². The van der Waals surface area contributed by atoms with Crippen LogP contribution in [-0.4, -0.2) is 11.4 Å². The lowest BCUT2D eigenvalue weighted by Crippen LogP contribution is -1.72. The van der Waals surface area contributed by atoms with E-state index in [1.165, 1.54) is 0 Å². The Morgan fingerprint density at radius 1 is 1.36 bits per heavy atom. The molecule has 0 saturated heterocycles. The van der Waals surface area contributed by atoms with Gasteiger partial charge in [-0.3, -0.25) is 0 Å².